The van der Waals surface area contributed by atoms with E-state index in [-0.39, 0.29) is 16.1 Å². The van der Waals surface area contributed by atoms with Gasteiger partial charge in [0.2, 0.25) is 0 Å². The van der Waals surface area contributed by atoms with Crippen molar-refractivity contribution < 1.29 is 4.92 Å². The summed E-state index contributed by atoms with van der Waals surface area (Å²) in [6.07, 6.45) is 5.96. The van der Waals surface area contributed by atoms with Crippen LogP contribution < -0.4 is 5.73 Å². The third-order valence-corrected chi connectivity index (χ3v) is 4.35. The Kier molecular flexibility index (Phi) is 4.20. The fourth-order valence-corrected chi connectivity index (χ4v) is 2.87. The number of benzene rings is 1. The van der Waals surface area contributed by atoms with Crippen molar-refractivity contribution in [3.05, 3.63) is 39.9 Å². The van der Waals surface area contributed by atoms with E-state index in [9.17, 15) is 10.1 Å². The lowest BCUT2D eigenvalue weighted by Crippen LogP contribution is -2.43. The molecule has 1 aliphatic rings. The third kappa shape index (κ3) is 3.53. The number of hydrogen-bond acceptors (Lipinski definition) is 3. The van der Waals surface area contributed by atoms with Gasteiger partial charge in [-0.3, -0.25) is 10.1 Å². The number of rotatable bonds is 4. The normalized spacial score (nSPS) is 27.2. The van der Waals surface area contributed by atoms with Gasteiger partial charge >= 0.3 is 0 Å². The van der Waals surface area contributed by atoms with Crippen molar-refractivity contribution >= 4 is 5.69 Å². The molecular formula is C15H22N2O2. The zero-order chi connectivity index (χ0) is 13.9. The zero-order valence-electron chi connectivity index (χ0n) is 11.5. The molecule has 1 aromatic rings. The van der Waals surface area contributed by atoms with E-state index < -0.39 is 0 Å². The molecular weight excluding hydrogens is 240 g/mol. The van der Waals surface area contributed by atoms with Crippen LogP contribution in [0.15, 0.2) is 24.3 Å². The highest BCUT2D eigenvalue weighted by molar-refractivity contribution is 5.39. The monoisotopic (exact) mass is 262 g/mol. The summed E-state index contributed by atoms with van der Waals surface area (Å²) in [5, 5.41) is 11.0. The number of nitro groups is 1. The van der Waals surface area contributed by atoms with Gasteiger partial charge in [-0.05, 0) is 44.4 Å². The molecule has 4 heteroatoms. The predicted molar refractivity (Wildman–Crippen MR) is 76.0 cm³/mol. The van der Waals surface area contributed by atoms with Crippen molar-refractivity contribution in [2.45, 2.75) is 51.0 Å². The molecule has 1 saturated carbocycles. The molecule has 2 rings (SSSR count). The van der Waals surface area contributed by atoms with Gasteiger partial charge in [-0.1, -0.05) is 25.1 Å². The average Bonchev–Trinajstić information content (AvgIpc) is 2.41. The van der Waals surface area contributed by atoms with Gasteiger partial charge < -0.3 is 5.73 Å². The van der Waals surface area contributed by atoms with Crippen molar-refractivity contribution in [1.82, 2.24) is 0 Å². The smallest absolute Gasteiger partial charge is 0.272 e. The quantitative estimate of drug-likeness (QED) is 0.667. The Morgan fingerprint density at radius 2 is 2.00 bits per heavy atom. The van der Waals surface area contributed by atoms with Gasteiger partial charge in [0.25, 0.3) is 5.69 Å². The summed E-state index contributed by atoms with van der Waals surface area (Å²) >= 11 is 0. The van der Waals surface area contributed by atoms with Crippen LogP contribution in [0.3, 0.4) is 0 Å². The first-order chi connectivity index (χ1) is 9.00. The lowest BCUT2D eigenvalue weighted by Gasteiger charge is -2.36. The van der Waals surface area contributed by atoms with Crippen LogP contribution in [0.4, 0.5) is 5.69 Å². The van der Waals surface area contributed by atoms with E-state index in [0.717, 1.165) is 30.7 Å². The van der Waals surface area contributed by atoms with Crippen LogP contribution in [0, 0.1) is 16.0 Å². The Labute approximate surface area is 114 Å². The van der Waals surface area contributed by atoms with E-state index in [4.69, 9.17) is 5.73 Å². The number of nitrogens with zero attached hydrogens (tertiary/aromatic N) is 1. The van der Waals surface area contributed by atoms with Crippen LogP contribution in [0.1, 0.15) is 44.6 Å². The largest absolute Gasteiger partial charge is 0.325 e. The van der Waals surface area contributed by atoms with Crippen LogP contribution in [0.2, 0.25) is 0 Å². The lowest BCUT2D eigenvalue weighted by molar-refractivity contribution is -0.385. The molecule has 0 unspecified atom stereocenters. The van der Waals surface area contributed by atoms with E-state index in [0.29, 0.717) is 6.42 Å². The van der Waals surface area contributed by atoms with Gasteiger partial charge in [-0.2, -0.15) is 0 Å². The molecule has 19 heavy (non-hydrogen) atoms. The predicted octanol–water partition coefficient (Wildman–Crippen LogP) is 3.44. The van der Waals surface area contributed by atoms with Crippen LogP contribution in [-0.2, 0) is 6.42 Å². The van der Waals surface area contributed by atoms with Gasteiger partial charge in [0, 0.05) is 17.2 Å². The first-order valence-corrected chi connectivity index (χ1v) is 7.01. The third-order valence-electron chi connectivity index (χ3n) is 4.35. The second kappa shape index (κ2) is 5.70. The van der Waals surface area contributed by atoms with Crippen molar-refractivity contribution in [3.8, 4) is 0 Å². The van der Waals surface area contributed by atoms with E-state index in [1.807, 2.05) is 12.1 Å². The number of para-hydroxylation sites is 1. The second-order valence-electron chi connectivity index (χ2n) is 5.93. The molecule has 0 bridgehead atoms. The molecule has 1 fully saturated rings. The minimum Gasteiger partial charge on any atom is -0.325 e. The minimum absolute atomic E-state index is 0.129. The van der Waals surface area contributed by atoms with Crippen LogP contribution in [0.5, 0.6) is 0 Å². The molecule has 0 aromatic heterocycles. The number of aryl methyl sites for hydroxylation is 1. The fraction of sp³-hybridized carbons (Fsp3) is 0.600. The summed E-state index contributed by atoms with van der Waals surface area (Å²) in [5.41, 5.74) is 7.32. The van der Waals surface area contributed by atoms with Crippen LogP contribution >= 0.6 is 0 Å². The maximum Gasteiger partial charge on any atom is 0.272 e. The number of nitro benzene ring substituents is 1. The summed E-state index contributed by atoms with van der Waals surface area (Å²) in [6.45, 7) is 2.27. The summed E-state index contributed by atoms with van der Waals surface area (Å²) in [6, 6.07) is 6.98. The van der Waals surface area contributed by atoms with Gasteiger partial charge in [-0.25, -0.2) is 0 Å². The van der Waals surface area contributed by atoms with Crippen LogP contribution in [-0.4, -0.2) is 10.5 Å². The van der Waals surface area contributed by atoms with Gasteiger partial charge in [0.1, 0.15) is 0 Å². The summed E-state index contributed by atoms with van der Waals surface area (Å²) < 4.78 is 0. The Morgan fingerprint density at radius 3 is 2.63 bits per heavy atom. The molecule has 0 spiro atoms. The molecule has 0 saturated heterocycles. The molecule has 1 aliphatic carbocycles. The maximum atomic E-state index is 11.0. The van der Waals surface area contributed by atoms with Crippen molar-refractivity contribution in [3.63, 3.8) is 0 Å². The van der Waals surface area contributed by atoms with Gasteiger partial charge in [-0.15, -0.1) is 0 Å². The SMILES string of the molecule is CC1CCC(N)(CCc2ccccc2[N+](=O)[O-])CC1. The topological polar surface area (TPSA) is 69.2 Å². The molecule has 1 aromatic carbocycles. The summed E-state index contributed by atoms with van der Waals surface area (Å²) in [7, 11) is 0. The van der Waals surface area contributed by atoms with Crippen molar-refractivity contribution in [2.75, 3.05) is 0 Å². The Bertz CT molecular complexity index is 451. The Hall–Kier alpha value is -1.42. The van der Waals surface area contributed by atoms with E-state index >= 15 is 0 Å². The molecule has 0 heterocycles. The first-order valence-electron chi connectivity index (χ1n) is 7.01. The molecule has 0 amide bonds. The van der Waals surface area contributed by atoms with Crippen molar-refractivity contribution in [1.29, 1.82) is 0 Å². The fourth-order valence-electron chi connectivity index (χ4n) is 2.87. The van der Waals surface area contributed by atoms with Gasteiger partial charge in [0.15, 0.2) is 0 Å². The number of nitrogens with two attached hydrogens (primary N) is 1. The lowest BCUT2D eigenvalue weighted by atomic mass is 9.75. The zero-order valence-corrected chi connectivity index (χ0v) is 11.5. The summed E-state index contributed by atoms with van der Waals surface area (Å²) in [4.78, 5) is 10.7. The Balaban J connectivity index is 2.01. The van der Waals surface area contributed by atoms with E-state index in [1.54, 1.807) is 12.1 Å². The molecule has 0 radical (unpaired) electrons. The standard InChI is InChI=1S/C15H22N2O2/c1-12-6-9-15(16,10-7-12)11-8-13-4-2-3-5-14(13)17(18)19/h2-5,12H,6-11,16H2,1H3. The average molecular weight is 262 g/mol. The van der Waals surface area contributed by atoms with Crippen molar-refractivity contribution in [2.24, 2.45) is 11.7 Å². The highest BCUT2D eigenvalue weighted by Gasteiger charge is 2.30. The van der Waals surface area contributed by atoms with E-state index in [2.05, 4.69) is 6.92 Å². The molecule has 104 valence electrons. The highest BCUT2D eigenvalue weighted by Crippen LogP contribution is 2.33. The van der Waals surface area contributed by atoms with Gasteiger partial charge in [0.05, 0.1) is 4.92 Å². The molecule has 4 nitrogen and oxygen atoms in total. The number of hydrogen-bond donors (Lipinski definition) is 1. The van der Waals surface area contributed by atoms with Crippen LogP contribution in [0.25, 0.3) is 0 Å². The highest BCUT2D eigenvalue weighted by atomic mass is 16.6. The molecule has 0 aliphatic heterocycles. The molecule has 2 N–H and O–H groups in total. The second-order valence-corrected chi connectivity index (χ2v) is 5.93. The maximum absolute atomic E-state index is 11.0. The first kappa shape index (κ1) is 14.0. The van der Waals surface area contributed by atoms with E-state index in [1.165, 1.54) is 12.8 Å². The molecule has 0 atom stereocenters. The Morgan fingerprint density at radius 1 is 1.37 bits per heavy atom. The minimum atomic E-state index is -0.304. The summed E-state index contributed by atoms with van der Waals surface area (Å²) in [5.74, 6) is 0.766.